The number of thioether (sulfide) groups is 2. The molecule has 0 saturated carbocycles. The second-order valence-corrected chi connectivity index (χ2v) is 8.65. The molecule has 0 spiro atoms. The summed E-state index contributed by atoms with van der Waals surface area (Å²) >= 11 is 9.26. The summed E-state index contributed by atoms with van der Waals surface area (Å²) in [6, 6.07) is 9.85. The third kappa shape index (κ3) is 5.00. The van der Waals surface area contributed by atoms with Gasteiger partial charge in [0.05, 0.1) is 4.08 Å². The lowest BCUT2D eigenvalue weighted by Gasteiger charge is -2.21. The van der Waals surface area contributed by atoms with Gasteiger partial charge in [0, 0.05) is 29.3 Å². The summed E-state index contributed by atoms with van der Waals surface area (Å²) in [5, 5.41) is 7.99. The van der Waals surface area contributed by atoms with Crippen molar-refractivity contribution in [1.82, 2.24) is 5.43 Å². The van der Waals surface area contributed by atoms with Crippen LogP contribution in [0, 0.1) is 0 Å². The van der Waals surface area contributed by atoms with Gasteiger partial charge in [0.25, 0.3) is 0 Å². The van der Waals surface area contributed by atoms with Gasteiger partial charge in [-0.05, 0) is 38.2 Å². The summed E-state index contributed by atoms with van der Waals surface area (Å²) in [5.41, 5.74) is 4.95. The van der Waals surface area contributed by atoms with Crippen molar-refractivity contribution in [3.8, 4) is 0 Å². The van der Waals surface area contributed by atoms with E-state index >= 15 is 0 Å². The molecule has 20 heavy (non-hydrogen) atoms. The first-order valence-corrected chi connectivity index (χ1v) is 8.88. The molecular formula is C14H19N3S3. The lowest BCUT2D eigenvalue weighted by atomic mass is 10.2. The van der Waals surface area contributed by atoms with Crippen LogP contribution in [0.4, 0.5) is 5.69 Å². The minimum atomic E-state index is 0.268. The lowest BCUT2D eigenvalue weighted by Crippen LogP contribution is -2.26. The van der Waals surface area contributed by atoms with E-state index in [2.05, 4.69) is 22.8 Å². The van der Waals surface area contributed by atoms with Crippen molar-refractivity contribution in [3.63, 3.8) is 0 Å². The maximum atomic E-state index is 5.23. The third-order valence-electron chi connectivity index (χ3n) is 2.86. The van der Waals surface area contributed by atoms with Gasteiger partial charge in [-0.3, -0.25) is 5.43 Å². The quantitative estimate of drug-likeness (QED) is 0.498. The van der Waals surface area contributed by atoms with Crippen LogP contribution in [-0.2, 0) is 0 Å². The first-order chi connectivity index (χ1) is 9.57. The van der Waals surface area contributed by atoms with Crippen LogP contribution in [0.1, 0.15) is 20.3 Å². The highest BCUT2D eigenvalue weighted by Crippen LogP contribution is 2.46. The standard InChI is InChI=1S/C14H19N3S3/c1-11(10-14(2)19-8-9-20-14)16-17-13(18)15-12-6-4-3-5-7-12/h3-7H,8-10H2,1-2H3,(H2,15,17,18)/b16-11+. The zero-order valence-corrected chi connectivity index (χ0v) is 14.1. The molecule has 2 N–H and O–H groups in total. The number of rotatable bonds is 4. The molecule has 0 atom stereocenters. The van der Waals surface area contributed by atoms with Crippen molar-refractivity contribution in [1.29, 1.82) is 0 Å². The van der Waals surface area contributed by atoms with Crippen LogP contribution in [0.15, 0.2) is 35.4 Å². The normalized spacial score (nSPS) is 17.8. The molecule has 2 rings (SSSR count). The van der Waals surface area contributed by atoms with Crippen molar-refractivity contribution in [3.05, 3.63) is 30.3 Å². The number of nitrogens with zero attached hydrogens (tertiary/aromatic N) is 1. The number of hydrogen-bond acceptors (Lipinski definition) is 4. The van der Waals surface area contributed by atoms with E-state index in [0.29, 0.717) is 5.11 Å². The summed E-state index contributed by atoms with van der Waals surface area (Å²) in [7, 11) is 0. The largest absolute Gasteiger partial charge is 0.331 e. The maximum absolute atomic E-state index is 5.23. The minimum Gasteiger partial charge on any atom is -0.331 e. The molecule has 1 aliphatic rings. The summed E-state index contributed by atoms with van der Waals surface area (Å²) in [5.74, 6) is 2.46. The van der Waals surface area contributed by atoms with Gasteiger partial charge in [-0.2, -0.15) is 5.10 Å². The fourth-order valence-corrected chi connectivity index (χ4v) is 5.14. The van der Waals surface area contributed by atoms with Crippen molar-refractivity contribution in [2.45, 2.75) is 24.3 Å². The summed E-state index contributed by atoms with van der Waals surface area (Å²) in [4.78, 5) is 0. The molecule has 1 fully saturated rings. The predicted molar refractivity (Wildman–Crippen MR) is 96.8 cm³/mol. The fourth-order valence-electron chi connectivity index (χ4n) is 1.99. The second kappa shape index (κ2) is 7.33. The number of thiocarbonyl (C=S) groups is 1. The van der Waals surface area contributed by atoms with Crippen LogP contribution in [0.5, 0.6) is 0 Å². The summed E-state index contributed by atoms with van der Waals surface area (Å²) < 4.78 is 0.268. The predicted octanol–water partition coefficient (Wildman–Crippen LogP) is 3.94. The number of nitrogens with one attached hydrogen (secondary N) is 2. The first-order valence-electron chi connectivity index (χ1n) is 6.50. The highest BCUT2D eigenvalue weighted by Gasteiger charge is 2.30. The molecule has 3 nitrogen and oxygen atoms in total. The Morgan fingerprint density at radius 1 is 1.30 bits per heavy atom. The van der Waals surface area contributed by atoms with Gasteiger partial charge in [-0.1, -0.05) is 18.2 Å². The fraction of sp³-hybridized carbons (Fsp3) is 0.429. The first kappa shape index (κ1) is 15.7. The average Bonchev–Trinajstić information content (AvgIpc) is 2.84. The van der Waals surface area contributed by atoms with Gasteiger partial charge < -0.3 is 5.32 Å². The van der Waals surface area contributed by atoms with Crippen molar-refractivity contribution in [2.75, 3.05) is 16.8 Å². The molecule has 6 heteroatoms. The molecule has 0 amide bonds. The van der Waals surface area contributed by atoms with Gasteiger partial charge in [-0.25, -0.2) is 0 Å². The van der Waals surface area contributed by atoms with Gasteiger partial charge in [-0.15, -0.1) is 23.5 Å². The Balaban J connectivity index is 1.81. The van der Waals surface area contributed by atoms with Crippen LogP contribution in [0.3, 0.4) is 0 Å². The van der Waals surface area contributed by atoms with E-state index in [1.165, 1.54) is 11.5 Å². The average molecular weight is 326 g/mol. The van der Waals surface area contributed by atoms with E-state index in [0.717, 1.165) is 17.8 Å². The minimum absolute atomic E-state index is 0.268. The topological polar surface area (TPSA) is 36.4 Å². The molecule has 1 aromatic rings. The summed E-state index contributed by atoms with van der Waals surface area (Å²) in [6.07, 6.45) is 0.975. The molecule has 1 heterocycles. The van der Waals surface area contributed by atoms with Crippen LogP contribution < -0.4 is 10.7 Å². The maximum Gasteiger partial charge on any atom is 0.191 e. The number of benzene rings is 1. The van der Waals surface area contributed by atoms with E-state index in [1.807, 2.05) is 60.8 Å². The molecule has 0 radical (unpaired) electrons. The van der Waals surface area contributed by atoms with Gasteiger partial charge >= 0.3 is 0 Å². The van der Waals surface area contributed by atoms with Gasteiger partial charge in [0.1, 0.15) is 0 Å². The Kier molecular flexibility index (Phi) is 5.74. The SMILES string of the molecule is C/C(CC1(C)SCCS1)=N\NC(=S)Nc1ccccc1. The van der Waals surface area contributed by atoms with Crippen LogP contribution in [-0.4, -0.2) is 26.4 Å². The zero-order valence-electron chi connectivity index (χ0n) is 11.7. The van der Waals surface area contributed by atoms with Gasteiger partial charge in [0.2, 0.25) is 0 Å². The molecule has 0 aliphatic carbocycles. The van der Waals surface area contributed by atoms with Crippen molar-refractivity contribution < 1.29 is 0 Å². The smallest absolute Gasteiger partial charge is 0.191 e. The molecule has 1 aromatic carbocycles. The molecule has 0 aromatic heterocycles. The third-order valence-corrected chi connectivity index (χ3v) is 6.34. The highest BCUT2D eigenvalue weighted by molar-refractivity contribution is 8.21. The van der Waals surface area contributed by atoms with Crippen LogP contribution in [0.25, 0.3) is 0 Å². The number of para-hydroxylation sites is 1. The van der Waals surface area contributed by atoms with Crippen LogP contribution in [0.2, 0.25) is 0 Å². The molecule has 0 bridgehead atoms. The molecular weight excluding hydrogens is 306 g/mol. The zero-order chi connectivity index (χ0) is 14.4. The van der Waals surface area contributed by atoms with E-state index in [1.54, 1.807) is 0 Å². The Hall–Kier alpha value is -0.720. The molecule has 1 aliphatic heterocycles. The number of hydrogen-bond donors (Lipinski definition) is 2. The monoisotopic (exact) mass is 325 g/mol. The molecule has 1 saturated heterocycles. The Labute approximate surface area is 134 Å². The number of anilines is 1. The van der Waals surface area contributed by atoms with Crippen molar-refractivity contribution in [2.24, 2.45) is 5.10 Å². The van der Waals surface area contributed by atoms with E-state index < -0.39 is 0 Å². The van der Waals surface area contributed by atoms with Crippen molar-refractivity contribution >= 4 is 52.3 Å². The number of hydrazone groups is 1. The second-order valence-electron chi connectivity index (χ2n) is 4.79. The Morgan fingerprint density at radius 3 is 2.60 bits per heavy atom. The molecule has 0 unspecified atom stereocenters. The summed E-state index contributed by atoms with van der Waals surface area (Å²) in [6.45, 7) is 4.33. The molecule has 108 valence electrons. The lowest BCUT2D eigenvalue weighted by molar-refractivity contribution is 0.922. The highest BCUT2D eigenvalue weighted by atomic mass is 32.2. The van der Waals surface area contributed by atoms with Gasteiger partial charge in [0.15, 0.2) is 5.11 Å². The Morgan fingerprint density at radius 2 is 1.95 bits per heavy atom. The van der Waals surface area contributed by atoms with E-state index in [4.69, 9.17) is 12.2 Å². The van der Waals surface area contributed by atoms with E-state index in [-0.39, 0.29) is 4.08 Å². The van der Waals surface area contributed by atoms with E-state index in [9.17, 15) is 0 Å². The van der Waals surface area contributed by atoms with Crippen LogP contribution >= 0.6 is 35.7 Å². The Bertz CT molecular complexity index is 482.